The Morgan fingerprint density at radius 3 is 2.50 bits per heavy atom. The lowest BCUT2D eigenvalue weighted by Gasteiger charge is -2.26. The Hall–Kier alpha value is -1.73. The van der Waals surface area contributed by atoms with Crippen molar-refractivity contribution in [3.8, 4) is 11.4 Å². The van der Waals surface area contributed by atoms with Gasteiger partial charge in [0, 0.05) is 25.6 Å². The number of nitrogens with zero attached hydrogens (tertiary/aromatic N) is 3. The minimum atomic E-state index is -3.47. The molecular formula is C15H19N3O3S. The van der Waals surface area contributed by atoms with Gasteiger partial charge in [0.2, 0.25) is 21.7 Å². The van der Waals surface area contributed by atoms with E-state index in [1.54, 1.807) is 23.4 Å². The lowest BCUT2D eigenvalue weighted by Crippen LogP contribution is -2.35. The first-order chi connectivity index (χ1) is 10.5. The van der Waals surface area contributed by atoms with E-state index < -0.39 is 10.0 Å². The molecule has 6 nitrogen and oxygen atoms in total. The van der Waals surface area contributed by atoms with Crippen molar-refractivity contribution in [3.05, 3.63) is 29.7 Å². The largest absolute Gasteiger partial charge is 0.339 e. The number of aryl methyl sites for hydroxylation is 2. The molecule has 0 N–H and O–H groups in total. The number of piperidine rings is 1. The average molecular weight is 321 g/mol. The summed E-state index contributed by atoms with van der Waals surface area (Å²) in [7, 11) is -3.47. The standard InChI is InChI=1S/C15H19N3O3S/c1-11-6-7-13(15-16-12(2)21-17-15)10-14(11)22(19,20)18-8-4-3-5-9-18/h6-7,10H,3-5,8-9H2,1-2H3. The normalized spacial score (nSPS) is 16.8. The van der Waals surface area contributed by atoms with Gasteiger partial charge in [-0.15, -0.1) is 0 Å². The number of hydrogen-bond donors (Lipinski definition) is 0. The Balaban J connectivity index is 2.02. The number of sulfonamides is 1. The number of hydrogen-bond acceptors (Lipinski definition) is 5. The minimum absolute atomic E-state index is 0.328. The summed E-state index contributed by atoms with van der Waals surface area (Å²) in [6.07, 6.45) is 2.93. The summed E-state index contributed by atoms with van der Waals surface area (Å²) < 4.78 is 32.3. The van der Waals surface area contributed by atoms with Crippen LogP contribution in [0.5, 0.6) is 0 Å². The first kappa shape index (κ1) is 15.2. The molecule has 0 bridgehead atoms. The summed E-state index contributed by atoms with van der Waals surface area (Å²) in [4.78, 5) is 4.49. The van der Waals surface area contributed by atoms with E-state index in [0.717, 1.165) is 24.8 Å². The molecular weight excluding hydrogens is 302 g/mol. The van der Waals surface area contributed by atoms with Crippen molar-refractivity contribution in [3.63, 3.8) is 0 Å². The Morgan fingerprint density at radius 2 is 1.86 bits per heavy atom. The summed E-state index contributed by atoms with van der Waals surface area (Å²) in [5.41, 5.74) is 1.38. The molecule has 3 rings (SSSR count). The lowest BCUT2D eigenvalue weighted by molar-refractivity contribution is 0.346. The van der Waals surface area contributed by atoms with Crippen LogP contribution in [-0.4, -0.2) is 36.0 Å². The van der Waals surface area contributed by atoms with Crippen LogP contribution in [0.1, 0.15) is 30.7 Å². The highest BCUT2D eigenvalue weighted by molar-refractivity contribution is 7.89. The van der Waals surface area contributed by atoms with Gasteiger partial charge in [-0.05, 0) is 31.4 Å². The fourth-order valence-corrected chi connectivity index (χ4v) is 4.45. The molecule has 0 atom stereocenters. The second kappa shape index (κ2) is 5.81. The monoisotopic (exact) mass is 321 g/mol. The van der Waals surface area contributed by atoms with Crippen LogP contribution in [-0.2, 0) is 10.0 Å². The van der Waals surface area contributed by atoms with Crippen LogP contribution in [0.2, 0.25) is 0 Å². The number of rotatable bonds is 3. The molecule has 1 aromatic carbocycles. The fraction of sp³-hybridized carbons (Fsp3) is 0.467. The molecule has 0 radical (unpaired) electrons. The first-order valence-corrected chi connectivity index (χ1v) is 8.84. The highest BCUT2D eigenvalue weighted by Gasteiger charge is 2.27. The van der Waals surface area contributed by atoms with E-state index in [4.69, 9.17) is 4.52 Å². The predicted molar refractivity (Wildman–Crippen MR) is 81.8 cm³/mol. The molecule has 1 aliphatic rings. The molecule has 7 heteroatoms. The molecule has 2 heterocycles. The zero-order chi connectivity index (χ0) is 15.7. The first-order valence-electron chi connectivity index (χ1n) is 7.40. The van der Waals surface area contributed by atoms with E-state index in [1.807, 2.05) is 13.0 Å². The van der Waals surface area contributed by atoms with Gasteiger partial charge in [0.25, 0.3) is 0 Å². The molecule has 1 saturated heterocycles. The van der Waals surface area contributed by atoms with Gasteiger partial charge in [0.15, 0.2) is 0 Å². The molecule has 1 aliphatic heterocycles. The molecule has 118 valence electrons. The smallest absolute Gasteiger partial charge is 0.243 e. The third kappa shape index (κ3) is 2.78. The number of benzene rings is 1. The maximum absolute atomic E-state index is 12.9. The molecule has 1 aromatic heterocycles. The zero-order valence-corrected chi connectivity index (χ0v) is 13.6. The summed E-state index contributed by atoms with van der Waals surface area (Å²) in [6, 6.07) is 5.25. The van der Waals surface area contributed by atoms with Crippen LogP contribution in [0.4, 0.5) is 0 Å². The van der Waals surface area contributed by atoms with Crippen molar-refractivity contribution in [2.24, 2.45) is 0 Å². The van der Waals surface area contributed by atoms with E-state index in [2.05, 4.69) is 10.1 Å². The maximum atomic E-state index is 12.9. The van der Waals surface area contributed by atoms with Crippen LogP contribution < -0.4 is 0 Å². The molecule has 0 unspecified atom stereocenters. The Labute approximate surface area is 130 Å². The van der Waals surface area contributed by atoms with E-state index in [1.165, 1.54) is 0 Å². The summed E-state index contributed by atoms with van der Waals surface area (Å²) in [6.45, 7) is 4.69. The highest BCUT2D eigenvalue weighted by atomic mass is 32.2. The summed E-state index contributed by atoms with van der Waals surface area (Å²) >= 11 is 0. The maximum Gasteiger partial charge on any atom is 0.243 e. The Morgan fingerprint density at radius 1 is 1.14 bits per heavy atom. The van der Waals surface area contributed by atoms with Crippen molar-refractivity contribution < 1.29 is 12.9 Å². The summed E-state index contributed by atoms with van der Waals surface area (Å²) in [5, 5.41) is 3.86. The molecule has 22 heavy (non-hydrogen) atoms. The zero-order valence-electron chi connectivity index (χ0n) is 12.7. The Kier molecular flexibility index (Phi) is 4.01. The molecule has 0 saturated carbocycles. The van der Waals surface area contributed by atoms with Gasteiger partial charge in [0.05, 0.1) is 4.90 Å². The van der Waals surface area contributed by atoms with Gasteiger partial charge in [-0.3, -0.25) is 0 Å². The predicted octanol–water partition coefficient (Wildman–Crippen LogP) is 2.53. The molecule has 0 aliphatic carbocycles. The quantitative estimate of drug-likeness (QED) is 0.868. The van der Waals surface area contributed by atoms with Crippen molar-refractivity contribution in [2.75, 3.05) is 13.1 Å². The third-order valence-electron chi connectivity index (χ3n) is 3.91. The Bertz CT molecular complexity index is 777. The molecule has 2 aromatic rings. The van der Waals surface area contributed by atoms with Crippen molar-refractivity contribution in [1.29, 1.82) is 0 Å². The van der Waals surface area contributed by atoms with Crippen LogP contribution in [0.25, 0.3) is 11.4 Å². The van der Waals surface area contributed by atoms with Crippen molar-refractivity contribution in [1.82, 2.24) is 14.4 Å². The highest BCUT2D eigenvalue weighted by Crippen LogP contribution is 2.27. The average Bonchev–Trinajstić information content (AvgIpc) is 2.95. The van der Waals surface area contributed by atoms with E-state index in [0.29, 0.717) is 35.3 Å². The third-order valence-corrected chi connectivity index (χ3v) is 5.95. The number of aromatic nitrogens is 2. The molecule has 0 amide bonds. The molecule has 1 fully saturated rings. The van der Waals surface area contributed by atoms with Crippen LogP contribution in [0, 0.1) is 13.8 Å². The second-order valence-electron chi connectivity index (χ2n) is 5.58. The van der Waals surface area contributed by atoms with Crippen LogP contribution in [0.3, 0.4) is 0 Å². The van der Waals surface area contributed by atoms with E-state index in [9.17, 15) is 8.42 Å². The summed E-state index contributed by atoms with van der Waals surface area (Å²) in [5.74, 6) is 0.864. The lowest BCUT2D eigenvalue weighted by atomic mass is 10.1. The van der Waals surface area contributed by atoms with Gasteiger partial charge < -0.3 is 4.52 Å². The second-order valence-corrected chi connectivity index (χ2v) is 7.49. The SMILES string of the molecule is Cc1nc(-c2ccc(C)c(S(=O)(=O)N3CCCCC3)c2)no1. The van der Waals surface area contributed by atoms with Gasteiger partial charge >= 0.3 is 0 Å². The van der Waals surface area contributed by atoms with Gasteiger partial charge in [-0.25, -0.2) is 8.42 Å². The van der Waals surface area contributed by atoms with Crippen LogP contribution in [0.15, 0.2) is 27.6 Å². The van der Waals surface area contributed by atoms with E-state index in [-0.39, 0.29) is 0 Å². The van der Waals surface area contributed by atoms with Crippen molar-refractivity contribution in [2.45, 2.75) is 38.0 Å². The minimum Gasteiger partial charge on any atom is -0.339 e. The van der Waals surface area contributed by atoms with Gasteiger partial charge in [-0.1, -0.05) is 23.7 Å². The van der Waals surface area contributed by atoms with E-state index >= 15 is 0 Å². The fourth-order valence-electron chi connectivity index (χ4n) is 2.68. The van der Waals surface area contributed by atoms with Crippen LogP contribution >= 0.6 is 0 Å². The van der Waals surface area contributed by atoms with Gasteiger partial charge in [0.1, 0.15) is 0 Å². The molecule has 0 spiro atoms. The van der Waals surface area contributed by atoms with Gasteiger partial charge in [-0.2, -0.15) is 9.29 Å². The van der Waals surface area contributed by atoms with Crippen molar-refractivity contribution >= 4 is 10.0 Å². The topological polar surface area (TPSA) is 76.3 Å².